The molecule has 1 N–H and O–H groups in total. The van der Waals surface area contributed by atoms with Crippen LogP contribution in [0, 0.1) is 0 Å². The number of allylic oxidation sites excluding steroid dienone is 1. The number of amides is 1. The Bertz CT molecular complexity index is 645. The summed E-state index contributed by atoms with van der Waals surface area (Å²) in [6, 6.07) is 14.9. The minimum absolute atomic E-state index is 0.145. The number of hydrogen-bond donors (Lipinski definition) is 1. The van der Waals surface area contributed by atoms with Crippen molar-refractivity contribution >= 4 is 17.7 Å². The van der Waals surface area contributed by atoms with Crippen molar-refractivity contribution in [2.75, 3.05) is 12.4 Å². The SMILES string of the molecule is CCCC=Cc1ccc(C(=O)Nc2ccccc2OC)cc1. The summed E-state index contributed by atoms with van der Waals surface area (Å²) in [4.78, 5) is 12.3. The highest BCUT2D eigenvalue weighted by molar-refractivity contribution is 6.05. The molecular formula is C19H21NO2. The van der Waals surface area contributed by atoms with E-state index in [2.05, 4.69) is 24.4 Å². The maximum Gasteiger partial charge on any atom is 0.255 e. The van der Waals surface area contributed by atoms with Crippen molar-refractivity contribution in [3.63, 3.8) is 0 Å². The summed E-state index contributed by atoms with van der Waals surface area (Å²) in [7, 11) is 1.59. The normalized spacial score (nSPS) is 10.6. The largest absolute Gasteiger partial charge is 0.495 e. The molecule has 0 atom stereocenters. The van der Waals surface area contributed by atoms with Crippen molar-refractivity contribution in [1.29, 1.82) is 0 Å². The molecule has 0 unspecified atom stereocenters. The molecule has 0 bridgehead atoms. The molecule has 3 heteroatoms. The van der Waals surface area contributed by atoms with Gasteiger partial charge in [-0.1, -0.05) is 49.8 Å². The van der Waals surface area contributed by atoms with Crippen LogP contribution in [0.1, 0.15) is 35.7 Å². The molecule has 3 nitrogen and oxygen atoms in total. The average molecular weight is 295 g/mol. The second-order valence-electron chi connectivity index (χ2n) is 4.97. The Balaban J connectivity index is 2.06. The predicted molar refractivity (Wildman–Crippen MR) is 91.3 cm³/mol. The Morgan fingerprint density at radius 1 is 1.14 bits per heavy atom. The van der Waals surface area contributed by atoms with Gasteiger partial charge in [0.2, 0.25) is 0 Å². The van der Waals surface area contributed by atoms with E-state index in [9.17, 15) is 4.79 Å². The lowest BCUT2D eigenvalue weighted by Gasteiger charge is -2.09. The number of carbonyl (C=O) groups excluding carboxylic acids is 1. The Morgan fingerprint density at radius 2 is 1.86 bits per heavy atom. The van der Waals surface area contributed by atoms with Crippen LogP contribution >= 0.6 is 0 Å². The minimum atomic E-state index is -0.145. The van der Waals surface area contributed by atoms with Crippen LogP contribution < -0.4 is 10.1 Å². The summed E-state index contributed by atoms with van der Waals surface area (Å²) in [5.41, 5.74) is 2.39. The number of carbonyl (C=O) groups is 1. The van der Waals surface area contributed by atoms with Gasteiger partial charge in [-0.15, -0.1) is 0 Å². The van der Waals surface area contributed by atoms with Gasteiger partial charge in [-0.2, -0.15) is 0 Å². The van der Waals surface area contributed by atoms with E-state index in [1.54, 1.807) is 7.11 Å². The van der Waals surface area contributed by atoms with E-state index in [1.165, 1.54) is 0 Å². The van der Waals surface area contributed by atoms with Gasteiger partial charge < -0.3 is 10.1 Å². The topological polar surface area (TPSA) is 38.3 Å². The summed E-state index contributed by atoms with van der Waals surface area (Å²) in [6.45, 7) is 2.15. The third-order valence-electron chi connectivity index (χ3n) is 3.29. The van der Waals surface area contributed by atoms with E-state index in [-0.39, 0.29) is 5.91 Å². The Morgan fingerprint density at radius 3 is 2.55 bits per heavy atom. The molecule has 114 valence electrons. The molecule has 0 saturated carbocycles. The standard InChI is InChI=1S/C19H21NO2/c1-3-4-5-8-15-11-13-16(14-12-15)19(21)20-17-9-6-7-10-18(17)22-2/h5-14H,3-4H2,1-2H3,(H,20,21). The molecule has 0 heterocycles. The van der Waals surface area contributed by atoms with Crippen LogP contribution in [0.4, 0.5) is 5.69 Å². The van der Waals surface area contributed by atoms with E-state index in [4.69, 9.17) is 4.74 Å². The van der Waals surface area contributed by atoms with Gasteiger partial charge in [0.25, 0.3) is 5.91 Å². The van der Waals surface area contributed by atoms with Crippen molar-refractivity contribution in [1.82, 2.24) is 0 Å². The first-order valence-electron chi connectivity index (χ1n) is 7.45. The van der Waals surface area contributed by atoms with Gasteiger partial charge >= 0.3 is 0 Å². The zero-order chi connectivity index (χ0) is 15.8. The van der Waals surface area contributed by atoms with Gasteiger partial charge in [0, 0.05) is 5.56 Å². The van der Waals surface area contributed by atoms with Crippen LogP contribution in [0.15, 0.2) is 54.6 Å². The maximum absolute atomic E-state index is 12.3. The van der Waals surface area contributed by atoms with E-state index in [0.717, 1.165) is 18.4 Å². The maximum atomic E-state index is 12.3. The highest BCUT2D eigenvalue weighted by Crippen LogP contribution is 2.23. The molecule has 0 fully saturated rings. The number of anilines is 1. The fourth-order valence-corrected chi connectivity index (χ4v) is 2.07. The highest BCUT2D eigenvalue weighted by atomic mass is 16.5. The van der Waals surface area contributed by atoms with Crippen molar-refractivity contribution in [3.8, 4) is 5.75 Å². The number of methoxy groups -OCH3 is 1. The molecule has 0 aliphatic carbocycles. The number of para-hydroxylation sites is 2. The fourth-order valence-electron chi connectivity index (χ4n) is 2.07. The molecule has 1 amide bonds. The van der Waals surface area contributed by atoms with Gasteiger partial charge in [0.15, 0.2) is 0 Å². The third kappa shape index (κ3) is 4.22. The van der Waals surface area contributed by atoms with Gasteiger partial charge in [0.05, 0.1) is 12.8 Å². The first kappa shape index (κ1) is 15.8. The fraction of sp³-hybridized carbons (Fsp3) is 0.211. The number of rotatable bonds is 6. The molecule has 2 aromatic rings. The second kappa shape index (κ2) is 8.03. The van der Waals surface area contributed by atoms with Crippen LogP contribution in [0.5, 0.6) is 5.75 Å². The average Bonchev–Trinajstić information content (AvgIpc) is 2.56. The monoisotopic (exact) mass is 295 g/mol. The Kier molecular flexibility index (Phi) is 5.78. The molecule has 0 saturated heterocycles. The van der Waals surface area contributed by atoms with Gasteiger partial charge in [-0.05, 0) is 36.2 Å². The van der Waals surface area contributed by atoms with Gasteiger partial charge in [-0.25, -0.2) is 0 Å². The van der Waals surface area contributed by atoms with E-state index < -0.39 is 0 Å². The molecule has 0 radical (unpaired) electrons. The zero-order valence-corrected chi connectivity index (χ0v) is 13.0. The lowest BCUT2D eigenvalue weighted by atomic mass is 10.1. The molecule has 2 aromatic carbocycles. The zero-order valence-electron chi connectivity index (χ0n) is 13.0. The first-order chi connectivity index (χ1) is 10.7. The lowest BCUT2D eigenvalue weighted by molar-refractivity contribution is 0.102. The number of hydrogen-bond acceptors (Lipinski definition) is 2. The Hall–Kier alpha value is -2.55. The van der Waals surface area contributed by atoms with Crippen molar-refractivity contribution in [2.45, 2.75) is 19.8 Å². The van der Waals surface area contributed by atoms with Crippen LogP contribution in [0.3, 0.4) is 0 Å². The van der Waals surface area contributed by atoms with Crippen LogP contribution in [-0.2, 0) is 0 Å². The van der Waals surface area contributed by atoms with Crippen LogP contribution in [0.2, 0.25) is 0 Å². The smallest absolute Gasteiger partial charge is 0.255 e. The summed E-state index contributed by atoms with van der Waals surface area (Å²) < 4.78 is 5.23. The molecule has 0 aliphatic rings. The summed E-state index contributed by atoms with van der Waals surface area (Å²) in [6.07, 6.45) is 6.42. The summed E-state index contributed by atoms with van der Waals surface area (Å²) in [5.74, 6) is 0.503. The number of benzene rings is 2. The molecule has 0 aromatic heterocycles. The van der Waals surface area contributed by atoms with Gasteiger partial charge in [0.1, 0.15) is 5.75 Å². The van der Waals surface area contributed by atoms with Crippen molar-refractivity contribution in [2.24, 2.45) is 0 Å². The predicted octanol–water partition coefficient (Wildman–Crippen LogP) is 4.76. The van der Waals surface area contributed by atoms with Crippen LogP contribution in [0.25, 0.3) is 6.08 Å². The van der Waals surface area contributed by atoms with E-state index in [0.29, 0.717) is 17.0 Å². The molecule has 0 spiro atoms. The first-order valence-corrected chi connectivity index (χ1v) is 7.45. The molecule has 22 heavy (non-hydrogen) atoms. The number of unbranched alkanes of at least 4 members (excludes halogenated alkanes) is 1. The highest BCUT2D eigenvalue weighted by Gasteiger charge is 2.08. The third-order valence-corrected chi connectivity index (χ3v) is 3.29. The molecule has 0 aliphatic heterocycles. The number of nitrogens with one attached hydrogen (secondary N) is 1. The van der Waals surface area contributed by atoms with Crippen LogP contribution in [-0.4, -0.2) is 13.0 Å². The molecular weight excluding hydrogens is 274 g/mol. The van der Waals surface area contributed by atoms with Crippen molar-refractivity contribution in [3.05, 3.63) is 65.7 Å². The minimum Gasteiger partial charge on any atom is -0.495 e. The summed E-state index contributed by atoms with van der Waals surface area (Å²) >= 11 is 0. The Labute approximate surface area is 131 Å². The lowest BCUT2D eigenvalue weighted by Crippen LogP contribution is -2.12. The van der Waals surface area contributed by atoms with E-state index >= 15 is 0 Å². The van der Waals surface area contributed by atoms with E-state index in [1.807, 2.05) is 48.5 Å². The molecule has 2 rings (SSSR count). The number of ether oxygens (including phenoxy) is 1. The summed E-state index contributed by atoms with van der Waals surface area (Å²) in [5, 5.41) is 2.87. The quantitative estimate of drug-likeness (QED) is 0.834. The second-order valence-corrected chi connectivity index (χ2v) is 4.97. The van der Waals surface area contributed by atoms with Gasteiger partial charge in [-0.3, -0.25) is 4.79 Å². The van der Waals surface area contributed by atoms with Crippen molar-refractivity contribution < 1.29 is 9.53 Å².